The third kappa shape index (κ3) is 4.39. The van der Waals surface area contributed by atoms with E-state index in [1.54, 1.807) is 7.05 Å². The fourth-order valence-electron chi connectivity index (χ4n) is 3.08. The zero-order valence-corrected chi connectivity index (χ0v) is 15.9. The van der Waals surface area contributed by atoms with Crippen LogP contribution in [0.15, 0.2) is 0 Å². The van der Waals surface area contributed by atoms with Gasteiger partial charge in [-0.1, -0.05) is 20.8 Å². The van der Waals surface area contributed by atoms with Gasteiger partial charge in [-0.2, -0.15) is 4.94 Å². The lowest BCUT2D eigenvalue weighted by atomic mass is 10.0. The minimum absolute atomic E-state index is 0.351. The van der Waals surface area contributed by atoms with Crippen molar-refractivity contribution in [2.45, 2.75) is 45.5 Å². The Balaban J connectivity index is 6.20. The van der Waals surface area contributed by atoms with E-state index in [1.165, 1.54) is 7.11 Å². The number of methoxy groups -OCH3 is 1. The Morgan fingerprint density at radius 3 is 1.96 bits per heavy atom. The smallest absolute Gasteiger partial charge is 0.265 e. The first-order chi connectivity index (χ1) is 10.9. The summed E-state index contributed by atoms with van der Waals surface area (Å²) < 4.78 is 25.5. The molecule has 0 saturated carbocycles. The highest BCUT2D eigenvalue weighted by Crippen LogP contribution is 2.32. The van der Waals surface area contributed by atoms with Gasteiger partial charge in [-0.3, -0.25) is 20.4 Å². The lowest BCUT2D eigenvalue weighted by Gasteiger charge is -2.52. The molecule has 0 aliphatic carbocycles. The second-order valence-electron chi connectivity index (χ2n) is 5.35. The van der Waals surface area contributed by atoms with Gasteiger partial charge in [-0.25, -0.2) is 0 Å². The molecule has 2 N–H and O–H groups in total. The molecule has 140 valence electrons. The molecular formula is C15H35FN4O3. The quantitative estimate of drug-likeness (QED) is 0.486. The first kappa shape index (κ1) is 22.6. The molecule has 23 heavy (non-hydrogen) atoms. The Morgan fingerprint density at radius 2 is 1.70 bits per heavy atom. The molecule has 3 unspecified atom stereocenters. The molecule has 3 atom stereocenters. The molecular weight excluding hydrogens is 303 g/mol. The van der Waals surface area contributed by atoms with Crippen LogP contribution in [0.25, 0.3) is 0 Å². The maximum Gasteiger partial charge on any atom is 0.265 e. The normalized spacial score (nSPS) is 18.9. The molecule has 7 nitrogen and oxygen atoms in total. The number of halogens is 1. The van der Waals surface area contributed by atoms with Crippen molar-refractivity contribution < 1.29 is 18.9 Å². The van der Waals surface area contributed by atoms with Gasteiger partial charge in [0, 0.05) is 26.8 Å². The predicted molar refractivity (Wildman–Crippen MR) is 89.4 cm³/mol. The molecule has 0 aromatic heterocycles. The summed E-state index contributed by atoms with van der Waals surface area (Å²) in [5, 5.41) is 6.39. The van der Waals surface area contributed by atoms with E-state index < -0.39 is 17.8 Å². The van der Waals surface area contributed by atoms with E-state index in [9.17, 15) is 4.53 Å². The van der Waals surface area contributed by atoms with Crippen LogP contribution in [-0.4, -0.2) is 82.1 Å². The summed E-state index contributed by atoms with van der Waals surface area (Å²) in [6, 6.07) is 0. The van der Waals surface area contributed by atoms with E-state index in [4.69, 9.17) is 9.47 Å². The van der Waals surface area contributed by atoms with Gasteiger partial charge < -0.3 is 9.47 Å². The van der Waals surface area contributed by atoms with E-state index in [-0.39, 0.29) is 0 Å². The van der Waals surface area contributed by atoms with Crippen molar-refractivity contribution in [2.75, 3.05) is 54.5 Å². The molecule has 0 aliphatic heterocycles. The summed E-state index contributed by atoms with van der Waals surface area (Å²) >= 11 is 0. The number of rotatable bonds is 13. The van der Waals surface area contributed by atoms with Crippen LogP contribution in [-0.2, 0) is 14.4 Å². The fourth-order valence-corrected chi connectivity index (χ4v) is 3.08. The van der Waals surface area contributed by atoms with Gasteiger partial charge in [0.1, 0.15) is 0 Å². The average Bonchev–Trinajstić information content (AvgIpc) is 2.54. The standard InChI is InChI=1S/C15H35FN4O3/c1-9-18-14(17-5,19(6)7)13(23-16)15(21-8,22-12-4)20(10-2)11-3/h13,17-18H,9-12H2,1-8H3. The van der Waals surface area contributed by atoms with Crippen LogP contribution in [0.5, 0.6) is 0 Å². The number of likely N-dealkylation sites (N-methyl/N-ethyl adjacent to an activating group) is 4. The van der Waals surface area contributed by atoms with Crippen LogP contribution in [0.1, 0.15) is 27.7 Å². The maximum atomic E-state index is 13.9. The zero-order chi connectivity index (χ0) is 18.1. The Hall–Kier alpha value is -0.350. The third-order valence-corrected chi connectivity index (χ3v) is 4.18. The molecule has 0 bridgehead atoms. The van der Waals surface area contributed by atoms with Crippen LogP contribution < -0.4 is 10.6 Å². The van der Waals surface area contributed by atoms with E-state index in [2.05, 4.69) is 15.6 Å². The Labute approximate surface area is 140 Å². The predicted octanol–water partition coefficient (Wildman–Crippen LogP) is 0.979. The second-order valence-corrected chi connectivity index (χ2v) is 5.35. The summed E-state index contributed by atoms with van der Waals surface area (Å²) in [6.45, 7) is 9.90. The topological polar surface area (TPSA) is 58.2 Å². The van der Waals surface area contributed by atoms with Gasteiger partial charge in [0.2, 0.25) is 6.10 Å². The fraction of sp³-hybridized carbons (Fsp3) is 1.00. The van der Waals surface area contributed by atoms with E-state index in [1.807, 2.05) is 51.6 Å². The van der Waals surface area contributed by atoms with Crippen molar-refractivity contribution in [3.05, 3.63) is 0 Å². The summed E-state index contributed by atoms with van der Waals surface area (Å²) in [4.78, 5) is 8.17. The minimum Gasteiger partial charge on any atom is -0.338 e. The average molecular weight is 338 g/mol. The summed E-state index contributed by atoms with van der Waals surface area (Å²) in [6.07, 6.45) is -1.11. The van der Waals surface area contributed by atoms with Gasteiger partial charge in [-0.05, 0) is 39.1 Å². The monoisotopic (exact) mass is 338 g/mol. The molecule has 0 heterocycles. The number of ether oxygens (including phenoxy) is 2. The zero-order valence-electron chi connectivity index (χ0n) is 15.9. The van der Waals surface area contributed by atoms with Gasteiger partial charge in [0.05, 0.1) is 0 Å². The van der Waals surface area contributed by atoms with Crippen molar-refractivity contribution in [1.82, 2.24) is 20.4 Å². The van der Waals surface area contributed by atoms with E-state index in [0.717, 1.165) is 0 Å². The van der Waals surface area contributed by atoms with Crippen molar-refractivity contribution in [2.24, 2.45) is 0 Å². The number of nitrogens with zero attached hydrogens (tertiary/aromatic N) is 2. The SMILES string of the molecule is CCNC(NC)(C(OF)C(OC)(OCC)N(CC)CC)N(C)C. The van der Waals surface area contributed by atoms with Crippen LogP contribution in [0, 0.1) is 0 Å². The van der Waals surface area contributed by atoms with Gasteiger partial charge >= 0.3 is 0 Å². The van der Waals surface area contributed by atoms with Crippen molar-refractivity contribution in [3.8, 4) is 0 Å². The van der Waals surface area contributed by atoms with Gasteiger partial charge in [0.25, 0.3) is 5.91 Å². The van der Waals surface area contributed by atoms with Crippen molar-refractivity contribution >= 4 is 0 Å². The molecule has 8 heteroatoms. The third-order valence-electron chi connectivity index (χ3n) is 4.18. The van der Waals surface area contributed by atoms with Gasteiger partial charge in [0.15, 0.2) is 5.79 Å². The molecule has 0 aromatic rings. The van der Waals surface area contributed by atoms with Crippen molar-refractivity contribution in [3.63, 3.8) is 0 Å². The number of nitrogens with one attached hydrogen (secondary N) is 2. The Bertz CT molecular complexity index is 321. The van der Waals surface area contributed by atoms with Crippen LogP contribution in [0.3, 0.4) is 0 Å². The summed E-state index contributed by atoms with van der Waals surface area (Å²) in [5.41, 5.74) is 0. The van der Waals surface area contributed by atoms with Crippen LogP contribution in [0.4, 0.5) is 4.53 Å². The van der Waals surface area contributed by atoms with Crippen LogP contribution >= 0.6 is 0 Å². The minimum atomic E-state index is -1.39. The molecule has 0 radical (unpaired) electrons. The summed E-state index contributed by atoms with van der Waals surface area (Å²) in [7, 11) is 6.91. The lowest BCUT2D eigenvalue weighted by molar-refractivity contribution is -0.406. The summed E-state index contributed by atoms with van der Waals surface area (Å²) in [5.74, 6) is -2.42. The largest absolute Gasteiger partial charge is 0.338 e. The van der Waals surface area contributed by atoms with E-state index >= 15 is 0 Å². The Kier molecular flexibility index (Phi) is 10.3. The number of hydrogen-bond donors (Lipinski definition) is 2. The molecule has 0 amide bonds. The molecule has 0 aliphatic rings. The van der Waals surface area contributed by atoms with Crippen molar-refractivity contribution in [1.29, 1.82) is 0 Å². The second kappa shape index (κ2) is 10.5. The van der Waals surface area contributed by atoms with E-state index in [0.29, 0.717) is 26.2 Å². The molecule has 0 aromatic carbocycles. The molecule has 0 spiro atoms. The highest BCUT2D eigenvalue weighted by atomic mass is 19.3. The number of hydrogen-bond acceptors (Lipinski definition) is 7. The molecule has 0 rings (SSSR count). The molecule has 0 fully saturated rings. The lowest BCUT2D eigenvalue weighted by Crippen LogP contribution is -2.79. The first-order valence-electron chi connectivity index (χ1n) is 8.23. The van der Waals surface area contributed by atoms with Gasteiger partial charge in [-0.15, -0.1) is 0 Å². The highest BCUT2D eigenvalue weighted by Gasteiger charge is 2.58. The highest BCUT2D eigenvalue weighted by molar-refractivity contribution is 4.98. The molecule has 0 saturated heterocycles. The first-order valence-corrected chi connectivity index (χ1v) is 8.23. The Morgan fingerprint density at radius 1 is 1.13 bits per heavy atom. The van der Waals surface area contributed by atoms with Crippen LogP contribution in [0.2, 0.25) is 0 Å². The maximum absolute atomic E-state index is 13.9.